The number of benzene rings is 1. The van der Waals surface area contributed by atoms with E-state index in [0.717, 1.165) is 38.7 Å². The number of rotatable bonds is 5. The van der Waals surface area contributed by atoms with Crippen LogP contribution in [0.5, 0.6) is 0 Å². The molecule has 2 saturated heterocycles. The van der Waals surface area contributed by atoms with E-state index in [1.165, 1.54) is 23.1 Å². The molecule has 0 spiro atoms. The highest BCUT2D eigenvalue weighted by Gasteiger charge is 2.42. The zero-order valence-electron chi connectivity index (χ0n) is 18.8. The van der Waals surface area contributed by atoms with Gasteiger partial charge in [-0.3, -0.25) is 4.99 Å². The molecule has 7 nitrogen and oxygen atoms in total. The van der Waals surface area contributed by atoms with Crippen LogP contribution in [-0.4, -0.2) is 82.8 Å². The van der Waals surface area contributed by atoms with E-state index in [1.54, 1.807) is 0 Å². The van der Waals surface area contributed by atoms with Crippen LogP contribution >= 0.6 is 0 Å². The van der Waals surface area contributed by atoms with Crippen LogP contribution in [0.25, 0.3) is 0 Å². The summed E-state index contributed by atoms with van der Waals surface area (Å²) in [6.45, 7) is 11.9. The second-order valence-electron chi connectivity index (χ2n) is 8.43. The maximum Gasteiger partial charge on any atom is 0.194 e. The van der Waals surface area contributed by atoms with Crippen molar-refractivity contribution >= 4 is 21.5 Å². The van der Waals surface area contributed by atoms with Gasteiger partial charge in [0.25, 0.3) is 0 Å². The van der Waals surface area contributed by atoms with Crippen molar-refractivity contribution in [2.45, 2.75) is 38.4 Å². The van der Waals surface area contributed by atoms with Gasteiger partial charge < -0.3 is 19.9 Å². The molecular weight excluding hydrogens is 400 g/mol. The van der Waals surface area contributed by atoms with E-state index in [0.29, 0.717) is 26.1 Å². The molecule has 2 fully saturated rings. The van der Waals surface area contributed by atoms with Crippen LogP contribution in [0.4, 0.5) is 5.69 Å². The van der Waals surface area contributed by atoms with Crippen LogP contribution in [0.1, 0.15) is 30.9 Å². The molecule has 3 rings (SSSR count). The topological polar surface area (TPSA) is 74.2 Å². The number of piperazine rings is 1. The smallest absolute Gasteiger partial charge is 0.194 e. The van der Waals surface area contributed by atoms with Gasteiger partial charge in [-0.25, -0.2) is 8.42 Å². The third-order valence-corrected chi connectivity index (χ3v) is 8.65. The lowest BCUT2D eigenvalue weighted by Gasteiger charge is -2.39. The van der Waals surface area contributed by atoms with Crippen molar-refractivity contribution in [3.8, 4) is 0 Å². The molecule has 1 aromatic rings. The van der Waals surface area contributed by atoms with E-state index in [4.69, 9.17) is 9.73 Å². The first-order chi connectivity index (χ1) is 14.3. The van der Waals surface area contributed by atoms with Crippen molar-refractivity contribution in [2.24, 2.45) is 4.99 Å². The minimum atomic E-state index is -3.22. The molecule has 30 heavy (non-hydrogen) atoms. The van der Waals surface area contributed by atoms with Crippen LogP contribution in [0.15, 0.2) is 23.2 Å². The van der Waals surface area contributed by atoms with E-state index in [2.05, 4.69) is 47.2 Å². The maximum absolute atomic E-state index is 12.5. The summed E-state index contributed by atoms with van der Waals surface area (Å²) in [5, 5.41) is 3.37. The highest BCUT2D eigenvalue weighted by atomic mass is 32.2. The number of ether oxygens (including phenoxy) is 1. The van der Waals surface area contributed by atoms with Gasteiger partial charge in [-0.1, -0.05) is 12.1 Å². The molecule has 0 bridgehead atoms. The molecule has 2 heterocycles. The lowest BCUT2D eigenvalue weighted by Crippen LogP contribution is -2.53. The summed E-state index contributed by atoms with van der Waals surface area (Å²) in [6, 6.07) is 6.46. The summed E-state index contributed by atoms with van der Waals surface area (Å²) in [5.41, 5.74) is 3.95. The normalized spacial score (nSPS) is 20.3. The Balaban J connectivity index is 1.72. The van der Waals surface area contributed by atoms with Crippen molar-refractivity contribution in [3.05, 3.63) is 29.3 Å². The van der Waals surface area contributed by atoms with Crippen LogP contribution in [0, 0.1) is 13.8 Å². The van der Waals surface area contributed by atoms with E-state index in [9.17, 15) is 8.42 Å². The molecule has 0 amide bonds. The molecule has 0 aliphatic carbocycles. The van der Waals surface area contributed by atoms with Gasteiger partial charge in [-0.2, -0.15) is 0 Å². The Morgan fingerprint density at radius 3 is 2.43 bits per heavy atom. The average Bonchev–Trinajstić information content (AvgIpc) is 2.73. The molecule has 0 atom stereocenters. The third-order valence-electron chi connectivity index (χ3n) is 6.54. The summed E-state index contributed by atoms with van der Waals surface area (Å²) >= 11 is 0. The van der Waals surface area contributed by atoms with Gasteiger partial charge in [0.2, 0.25) is 0 Å². The first-order valence-corrected chi connectivity index (χ1v) is 12.8. The minimum Gasteiger partial charge on any atom is -0.381 e. The summed E-state index contributed by atoms with van der Waals surface area (Å²) in [4.78, 5) is 9.49. The molecule has 0 unspecified atom stereocenters. The summed E-state index contributed by atoms with van der Waals surface area (Å²) in [6.07, 6.45) is 2.36. The van der Waals surface area contributed by atoms with E-state index < -0.39 is 14.6 Å². The zero-order valence-corrected chi connectivity index (χ0v) is 19.6. The monoisotopic (exact) mass is 436 g/mol. The Bertz CT molecular complexity index is 855. The molecule has 0 radical (unpaired) electrons. The molecule has 2 aliphatic rings. The zero-order chi connectivity index (χ0) is 21.8. The predicted octanol–water partition coefficient (Wildman–Crippen LogP) is 1.98. The summed E-state index contributed by atoms with van der Waals surface area (Å²) < 4.78 is 29.7. The minimum absolute atomic E-state index is 0.286. The standard InChI is InChI=1S/C22H36N4O3S/c1-5-23-21(24-17-22(30(4,27)28)9-15-29-16-10-22)26-13-11-25(12-14-26)20-8-6-7-18(2)19(20)3/h6-8H,5,9-17H2,1-4H3,(H,23,24). The van der Waals surface area contributed by atoms with Gasteiger partial charge in [0, 0.05) is 57.9 Å². The molecule has 1 N–H and O–H groups in total. The summed E-state index contributed by atoms with van der Waals surface area (Å²) in [7, 11) is -3.22. The molecule has 0 aromatic heterocycles. The Labute approximate surface area is 181 Å². The van der Waals surface area contributed by atoms with E-state index in [-0.39, 0.29) is 6.54 Å². The first-order valence-electron chi connectivity index (χ1n) is 10.9. The van der Waals surface area contributed by atoms with Crippen molar-refractivity contribution in [2.75, 3.05) is 63.6 Å². The predicted molar refractivity (Wildman–Crippen MR) is 123 cm³/mol. The van der Waals surface area contributed by atoms with Crippen molar-refractivity contribution in [3.63, 3.8) is 0 Å². The largest absolute Gasteiger partial charge is 0.381 e. The van der Waals surface area contributed by atoms with Crippen molar-refractivity contribution in [1.29, 1.82) is 0 Å². The highest BCUT2D eigenvalue weighted by molar-refractivity contribution is 7.92. The van der Waals surface area contributed by atoms with Gasteiger partial charge in [0.15, 0.2) is 15.8 Å². The van der Waals surface area contributed by atoms with Crippen LogP contribution in [0.3, 0.4) is 0 Å². The fraction of sp³-hybridized carbons (Fsp3) is 0.682. The number of anilines is 1. The molecule has 168 valence electrons. The fourth-order valence-electron chi connectivity index (χ4n) is 4.27. The maximum atomic E-state index is 12.5. The van der Waals surface area contributed by atoms with E-state index >= 15 is 0 Å². The second-order valence-corrected chi connectivity index (χ2v) is 10.8. The molecule has 2 aliphatic heterocycles. The molecule has 8 heteroatoms. The van der Waals surface area contributed by atoms with Gasteiger partial charge in [-0.05, 0) is 50.8 Å². The first kappa shape index (κ1) is 22.9. The van der Waals surface area contributed by atoms with Crippen molar-refractivity contribution in [1.82, 2.24) is 10.2 Å². The number of sulfone groups is 1. The van der Waals surface area contributed by atoms with Gasteiger partial charge in [-0.15, -0.1) is 0 Å². The number of hydrogen-bond acceptors (Lipinski definition) is 5. The number of aryl methyl sites for hydroxylation is 1. The lowest BCUT2D eigenvalue weighted by molar-refractivity contribution is 0.0767. The number of nitrogens with zero attached hydrogens (tertiary/aromatic N) is 3. The number of aliphatic imine (C=N–C) groups is 1. The number of nitrogens with one attached hydrogen (secondary N) is 1. The number of hydrogen-bond donors (Lipinski definition) is 1. The number of guanidine groups is 1. The quantitative estimate of drug-likeness (QED) is 0.562. The fourth-order valence-corrected chi connectivity index (χ4v) is 5.48. The Morgan fingerprint density at radius 1 is 1.17 bits per heavy atom. The highest BCUT2D eigenvalue weighted by Crippen LogP contribution is 2.30. The van der Waals surface area contributed by atoms with E-state index in [1.807, 2.05) is 6.92 Å². The van der Waals surface area contributed by atoms with Gasteiger partial charge in [0.05, 0.1) is 11.3 Å². The summed E-state index contributed by atoms with van der Waals surface area (Å²) in [5.74, 6) is 0.813. The van der Waals surface area contributed by atoms with Crippen LogP contribution < -0.4 is 10.2 Å². The van der Waals surface area contributed by atoms with Crippen LogP contribution in [0.2, 0.25) is 0 Å². The molecule has 1 aromatic carbocycles. The van der Waals surface area contributed by atoms with Crippen LogP contribution in [-0.2, 0) is 14.6 Å². The van der Waals surface area contributed by atoms with Crippen molar-refractivity contribution < 1.29 is 13.2 Å². The van der Waals surface area contributed by atoms with Gasteiger partial charge in [0.1, 0.15) is 0 Å². The Hall–Kier alpha value is -1.80. The Kier molecular flexibility index (Phi) is 7.29. The lowest BCUT2D eigenvalue weighted by atomic mass is 9.99. The average molecular weight is 437 g/mol. The third kappa shape index (κ3) is 4.91. The molecular formula is C22H36N4O3S. The molecule has 0 saturated carbocycles. The second kappa shape index (κ2) is 9.56. The SMILES string of the molecule is CCNC(=NCC1(S(C)(=O)=O)CCOCC1)N1CCN(c2cccc(C)c2C)CC1. The van der Waals surface area contributed by atoms with Gasteiger partial charge >= 0.3 is 0 Å². The Morgan fingerprint density at radius 2 is 1.83 bits per heavy atom.